The molecule has 0 unspecified atom stereocenters. The first-order chi connectivity index (χ1) is 17.1. The Labute approximate surface area is 216 Å². The monoisotopic (exact) mass is 548 g/mol. The van der Waals surface area contributed by atoms with Gasteiger partial charge in [-0.25, -0.2) is 4.98 Å². The Morgan fingerprint density at radius 3 is 2.57 bits per heavy atom. The number of anilines is 1. The summed E-state index contributed by atoms with van der Waals surface area (Å²) in [7, 11) is 0. The highest BCUT2D eigenvalue weighted by Crippen LogP contribution is 2.30. The Bertz CT molecular complexity index is 1550. The third-order valence-corrected chi connectivity index (χ3v) is 7.18. The number of aromatic amines is 3. The molecule has 0 radical (unpaired) electrons. The number of hydrogen-bond donors (Lipinski definition) is 3. The van der Waals surface area contributed by atoms with Crippen molar-refractivity contribution in [2.75, 3.05) is 44.2 Å². The molecule has 0 aliphatic carbocycles. The van der Waals surface area contributed by atoms with Crippen LogP contribution in [0.1, 0.15) is 0 Å². The largest absolute Gasteiger partial charge is 0.490 e. The highest BCUT2D eigenvalue weighted by Gasteiger charge is 2.20. The number of nitrogens with zero attached hydrogens (tertiary/aromatic N) is 3. The third kappa shape index (κ3) is 4.59. The summed E-state index contributed by atoms with van der Waals surface area (Å²) in [5.74, 6) is 1.72. The van der Waals surface area contributed by atoms with Crippen molar-refractivity contribution in [2.45, 2.75) is 0 Å². The van der Waals surface area contributed by atoms with E-state index in [-0.39, 0.29) is 0 Å². The van der Waals surface area contributed by atoms with Crippen LogP contribution in [0.25, 0.3) is 33.5 Å². The average Bonchev–Trinajstić information content (AvgIpc) is 3.48. The number of hydrogen-bond acceptors (Lipinski definition) is 5. The lowest BCUT2D eigenvalue weighted by atomic mass is 10.2. The van der Waals surface area contributed by atoms with Crippen LogP contribution >= 0.6 is 28.1 Å². The number of piperazine rings is 1. The first kappa shape index (κ1) is 22.3. The summed E-state index contributed by atoms with van der Waals surface area (Å²) in [6.07, 6.45) is 0. The quantitative estimate of drug-likeness (QED) is 0.236. The fourth-order valence-electron chi connectivity index (χ4n) is 4.69. The third-order valence-electron chi connectivity index (χ3n) is 6.48. The molecule has 0 atom stereocenters. The van der Waals surface area contributed by atoms with Crippen molar-refractivity contribution < 1.29 is 4.74 Å². The molecule has 1 aliphatic rings. The molecule has 1 aliphatic heterocycles. The van der Waals surface area contributed by atoms with E-state index in [0.29, 0.717) is 11.4 Å². The highest BCUT2D eigenvalue weighted by molar-refractivity contribution is 9.10. The van der Waals surface area contributed by atoms with Crippen LogP contribution in [0.2, 0.25) is 0 Å². The average molecular weight is 549 g/mol. The number of H-pyrrole nitrogens is 3. The van der Waals surface area contributed by atoms with Crippen LogP contribution in [0.3, 0.4) is 0 Å². The van der Waals surface area contributed by atoms with Crippen LogP contribution in [0.15, 0.2) is 65.1 Å². The lowest BCUT2D eigenvalue weighted by Crippen LogP contribution is -2.47. The molecule has 0 spiro atoms. The summed E-state index contributed by atoms with van der Waals surface area (Å²) in [4.78, 5) is 19.7. The van der Waals surface area contributed by atoms with Crippen LogP contribution in [0.5, 0.6) is 5.75 Å². The van der Waals surface area contributed by atoms with Crippen molar-refractivity contribution in [2.24, 2.45) is 0 Å². The maximum atomic E-state index is 6.09. The molecule has 178 valence electrons. The van der Waals surface area contributed by atoms with Crippen molar-refractivity contribution in [3.63, 3.8) is 0 Å². The van der Waals surface area contributed by atoms with Crippen LogP contribution < -0.4 is 9.64 Å². The van der Waals surface area contributed by atoms with Crippen molar-refractivity contribution >= 4 is 55.9 Å². The molecule has 1 saturated heterocycles. The van der Waals surface area contributed by atoms with E-state index in [1.54, 1.807) is 0 Å². The summed E-state index contributed by atoms with van der Waals surface area (Å²) in [6.45, 7) is 5.40. The van der Waals surface area contributed by atoms with E-state index < -0.39 is 0 Å². The van der Waals surface area contributed by atoms with Gasteiger partial charge in [-0.3, -0.25) is 4.90 Å². The van der Waals surface area contributed by atoms with Gasteiger partial charge in [0, 0.05) is 42.8 Å². The van der Waals surface area contributed by atoms with Gasteiger partial charge in [-0.2, -0.15) is 0 Å². The maximum Gasteiger partial charge on any atom is 0.175 e. The normalized spacial score (nSPS) is 14.7. The van der Waals surface area contributed by atoms with E-state index in [4.69, 9.17) is 21.9 Å². The second-order valence-corrected chi connectivity index (χ2v) is 10.0. The first-order valence-corrected chi connectivity index (χ1v) is 12.9. The molecule has 7 nitrogen and oxygen atoms in total. The number of aromatic nitrogens is 4. The van der Waals surface area contributed by atoms with Crippen molar-refractivity contribution in [1.82, 2.24) is 24.8 Å². The van der Waals surface area contributed by atoms with Gasteiger partial charge in [-0.05, 0) is 48.6 Å². The van der Waals surface area contributed by atoms with Gasteiger partial charge in [-0.15, -0.1) is 0 Å². The molecule has 2 aromatic heterocycles. The maximum absolute atomic E-state index is 6.09. The highest BCUT2D eigenvalue weighted by atomic mass is 79.9. The summed E-state index contributed by atoms with van der Waals surface area (Å²) >= 11 is 8.77. The molecule has 0 amide bonds. The van der Waals surface area contributed by atoms with Crippen molar-refractivity contribution in [3.05, 3.63) is 69.9 Å². The minimum Gasteiger partial charge on any atom is -0.490 e. The standard InChI is InChI=1S/C26H25BrN6OS/c27-18-5-1-4-17(16-18)25-28-19-6-2-8-21(23(19)30-25)33-12-10-32(11-13-33)14-15-34-22-9-3-7-20-24(22)31-26(35)29-20/h1-9,16H,10-15H2,(H,28,30)(H2,29,31,35). The van der Waals surface area contributed by atoms with Gasteiger partial charge in [0.1, 0.15) is 29.2 Å². The van der Waals surface area contributed by atoms with E-state index in [1.807, 2.05) is 30.3 Å². The summed E-state index contributed by atoms with van der Waals surface area (Å²) < 4.78 is 7.75. The number of nitrogens with one attached hydrogen (secondary N) is 3. The number of imidazole rings is 2. The summed E-state index contributed by atoms with van der Waals surface area (Å²) in [6, 6.07) is 20.5. The number of rotatable bonds is 6. The lowest BCUT2D eigenvalue weighted by molar-refractivity contribution is 0.201. The molecular formula is C26H25BrN6OS. The van der Waals surface area contributed by atoms with Gasteiger partial charge in [0.05, 0.1) is 16.7 Å². The van der Waals surface area contributed by atoms with E-state index >= 15 is 0 Å². The minimum atomic E-state index is 0.614. The van der Waals surface area contributed by atoms with Crippen molar-refractivity contribution in [3.8, 4) is 17.1 Å². The SMILES string of the molecule is S=c1[nH]c2cccc(OCCN3CCN(c4cccc5[nH]c(-c6cccc(Br)c6)nc45)CC3)c2[nH]1. The van der Waals surface area contributed by atoms with E-state index in [0.717, 1.165) is 76.4 Å². The molecule has 0 saturated carbocycles. The smallest absolute Gasteiger partial charge is 0.175 e. The molecule has 3 aromatic carbocycles. The zero-order chi connectivity index (χ0) is 23.8. The Morgan fingerprint density at radius 2 is 1.71 bits per heavy atom. The molecule has 3 N–H and O–H groups in total. The minimum absolute atomic E-state index is 0.614. The van der Waals surface area contributed by atoms with Crippen LogP contribution in [0.4, 0.5) is 5.69 Å². The van der Waals surface area contributed by atoms with Gasteiger partial charge < -0.3 is 24.6 Å². The predicted molar refractivity (Wildman–Crippen MR) is 147 cm³/mol. The lowest BCUT2D eigenvalue weighted by Gasteiger charge is -2.36. The van der Waals surface area contributed by atoms with Gasteiger partial charge >= 0.3 is 0 Å². The molecule has 3 heterocycles. The van der Waals surface area contributed by atoms with Crippen LogP contribution in [-0.2, 0) is 0 Å². The topological polar surface area (TPSA) is 76.0 Å². The van der Waals surface area contributed by atoms with Gasteiger partial charge in [-0.1, -0.05) is 40.2 Å². The zero-order valence-corrected chi connectivity index (χ0v) is 21.5. The second-order valence-electron chi connectivity index (χ2n) is 8.70. The number of fused-ring (bicyclic) bond motifs is 2. The number of halogens is 1. The fourth-order valence-corrected chi connectivity index (χ4v) is 5.30. The predicted octanol–water partition coefficient (Wildman–Crippen LogP) is 5.73. The van der Waals surface area contributed by atoms with Gasteiger partial charge in [0.15, 0.2) is 4.77 Å². The summed E-state index contributed by atoms with van der Waals surface area (Å²) in [5, 5.41) is 0. The van der Waals surface area contributed by atoms with E-state index in [9.17, 15) is 0 Å². The van der Waals surface area contributed by atoms with Crippen LogP contribution in [-0.4, -0.2) is 64.2 Å². The van der Waals surface area contributed by atoms with Crippen LogP contribution in [0, 0.1) is 4.77 Å². The van der Waals surface area contributed by atoms with Gasteiger partial charge in [0.25, 0.3) is 0 Å². The fraction of sp³-hybridized carbons (Fsp3) is 0.231. The second kappa shape index (κ2) is 9.49. The van der Waals surface area contributed by atoms with Gasteiger partial charge in [0.2, 0.25) is 0 Å². The molecule has 9 heteroatoms. The zero-order valence-electron chi connectivity index (χ0n) is 19.1. The van der Waals surface area contributed by atoms with Crippen molar-refractivity contribution in [1.29, 1.82) is 0 Å². The number of ether oxygens (including phenoxy) is 1. The molecule has 5 aromatic rings. The Balaban J connectivity index is 1.10. The Hall–Kier alpha value is -3.14. The Kier molecular flexibility index (Phi) is 6.05. The first-order valence-electron chi connectivity index (χ1n) is 11.7. The number of para-hydroxylation sites is 2. The molecule has 1 fully saturated rings. The van der Waals surface area contributed by atoms with E-state index in [2.05, 4.69) is 71.0 Å². The summed E-state index contributed by atoms with van der Waals surface area (Å²) in [5.41, 5.74) is 6.24. The molecule has 0 bridgehead atoms. The molecule has 35 heavy (non-hydrogen) atoms. The number of benzene rings is 3. The molecule has 6 rings (SSSR count). The Morgan fingerprint density at radius 1 is 0.914 bits per heavy atom. The molecular weight excluding hydrogens is 524 g/mol. The van der Waals surface area contributed by atoms with E-state index in [1.165, 1.54) is 5.69 Å².